The Morgan fingerprint density at radius 1 is 1.09 bits per heavy atom. The summed E-state index contributed by atoms with van der Waals surface area (Å²) >= 11 is 1.71. The van der Waals surface area contributed by atoms with Gasteiger partial charge in [-0.2, -0.15) is 11.8 Å². The third-order valence-corrected chi connectivity index (χ3v) is 7.17. The van der Waals surface area contributed by atoms with Gasteiger partial charge in [0.05, 0.1) is 21.3 Å². The number of ether oxygens (including phenoxy) is 4. The predicted octanol–water partition coefficient (Wildman–Crippen LogP) is 4.83. The van der Waals surface area contributed by atoms with Crippen LogP contribution < -0.4 is 14.2 Å². The van der Waals surface area contributed by atoms with Crippen LogP contribution in [-0.2, 0) is 14.3 Å². The summed E-state index contributed by atoms with van der Waals surface area (Å²) in [6.45, 7) is 8.34. The van der Waals surface area contributed by atoms with E-state index in [0.717, 1.165) is 17.2 Å². The molecule has 0 bridgehead atoms. The quantitative estimate of drug-likeness (QED) is 0.363. The van der Waals surface area contributed by atoms with Gasteiger partial charge in [0.1, 0.15) is 18.3 Å². The Kier molecular flexibility index (Phi) is 8.34. The molecule has 0 saturated carbocycles. The molecule has 1 aliphatic carbocycles. The first-order valence-corrected chi connectivity index (χ1v) is 12.7. The average molecular weight is 490 g/mol. The lowest BCUT2D eigenvalue weighted by Gasteiger charge is -2.39. The van der Waals surface area contributed by atoms with Crippen LogP contribution in [0.25, 0.3) is 0 Å². The second-order valence-electron chi connectivity index (χ2n) is 9.32. The fourth-order valence-corrected chi connectivity index (χ4v) is 5.31. The van der Waals surface area contributed by atoms with Crippen LogP contribution in [0, 0.1) is 11.3 Å². The molecule has 0 N–H and O–H groups in total. The summed E-state index contributed by atoms with van der Waals surface area (Å²) in [5, 5.41) is 0. The highest BCUT2D eigenvalue weighted by Crippen LogP contribution is 2.51. The van der Waals surface area contributed by atoms with Gasteiger partial charge in [0.2, 0.25) is 0 Å². The van der Waals surface area contributed by atoms with Gasteiger partial charge in [-0.05, 0) is 30.6 Å². The maximum atomic E-state index is 13.5. The number of allylic oxidation sites excluding steroid dienone is 2. The zero-order chi connectivity index (χ0) is 25.0. The van der Waals surface area contributed by atoms with E-state index in [-0.39, 0.29) is 17.2 Å². The molecule has 2 atom stereocenters. The number of hydrogen-bond donors (Lipinski definition) is 0. The zero-order valence-corrected chi connectivity index (χ0v) is 22.0. The summed E-state index contributed by atoms with van der Waals surface area (Å²) in [7, 11) is 4.67. The van der Waals surface area contributed by atoms with Crippen molar-refractivity contribution in [1.29, 1.82) is 0 Å². The van der Waals surface area contributed by atoms with Crippen molar-refractivity contribution in [3.63, 3.8) is 0 Å². The third-order valence-electron chi connectivity index (χ3n) is 6.30. The van der Waals surface area contributed by atoms with Gasteiger partial charge in [-0.3, -0.25) is 14.6 Å². The van der Waals surface area contributed by atoms with Crippen LogP contribution in [0.5, 0.6) is 17.2 Å². The Labute approximate surface area is 206 Å². The molecular formula is C26H35NO6S. The van der Waals surface area contributed by atoms with Gasteiger partial charge >= 0.3 is 5.97 Å². The highest BCUT2D eigenvalue weighted by Gasteiger charge is 2.47. The first-order valence-electron chi connectivity index (χ1n) is 11.5. The summed E-state index contributed by atoms with van der Waals surface area (Å²) in [5.74, 6) is 1.49. The molecule has 0 radical (unpaired) electrons. The number of Topliss-reactive ketones (excluding diaryl/α,β-unsaturated/α-hetero) is 1. The molecule has 34 heavy (non-hydrogen) atoms. The zero-order valence-electron chi connectivity index (χ0n) is 21.1. The van der Waals surface area contributed by atoms with Gasteiger partial charge in [0.15, 0.2) is 17.3 Å². The maximum Gasteiger partial charge on any atom is 0.315 e. The normalized spacial score (nSPS) is 21.5. The van der Waals surface area contributed by atoms with E-state index in [0.29, 0.717) is 53.5 Å². The molecule has 0 saturated heterocycles. The molecule has 0 spiro atoms. The van der Waals surface area contributed by atoms with E-state index in [1.807, 2.05) is 6.92 Å². The van der Waals surface area contributed by atoms with E-state index in [2.05, 4.69) is 20.8 Å². The van der Waals surface area contributed by atoms with Crippen LogP contribution in [0.4, 0.5) is 0 Å². The predicted molar refractivity (Wildman–Crippen MR) is 134 cm³/mol. The van der Waals surface area contributed by atoms with Crippen LogP contribution in [0.15, 0.2) is 28.4 Å². The molecule has 0 amide bonds. The minimum atomic E-state index is -0.734. The number of methoxy groups -OCH3 is 3. The second kappa shape index (κ2) is 10.8. The number of carbonyl (C=O) groups excluding carboxylic acids is 2. The highest BCUT2D eigenvalue weighted by molar-refractivity contribution is 7.99. The number of aliphatic imine (C=N–C) groups is 1. The Balaban J connectivity index is 2.17. The molecule has 2 aliphatic rings. The summed E-state index contributed by atoms with van der Waals surface area (Å²) in [5.41, 5.74) is 2.43. The minimum absolute atomic E-state index is 0.00340. The maximum absolute atomic E-state index is 13.5. The largest absolute Gasteiger partial charge is 0.496 e. The fraction of sp³-hybridized carbons (Fsp3) is 0.577. The number of carbonyl (C=O) groups is 2. The minimum Gasteiger partial charge on any atom is -0.496 e. The van der Waals surface area contributed by atoms with Gasteiger partial charge < -0.3 is 18.9 Å². The van der Waals surface area contributed by atoms with E-state index in [1.165, 1.54) is 0 Å². The van der Waals surface area contributed by atoms with Crippen molar-refractivity contribution >= 4 is 29.2 Å². The number of hydrogen-bond acceptors (Lipinski definition) is 8. The first kappa shape index (κ1) is 26.1. The molecule has 1 heterocycles. The number of nitrogens with zero attached hydrogens (tertiary/aromatic N) is 1. The lowest BCUT2D eigenvalue weighted by Crippen LogP contribution is -2.39. The average Bonchev–Trinajstić information content (AvgIpc) is 2.78. The molecule has 8 heteroatoms. The van der Waals surface area contributed by atoms with E-state index < -0.39 is 11.8 Å². The molecule has 0 aromatic heterocycles. The Bertz CT molecular complexity index is 1010. The van der Waals surface area contributed by atoms with Gasteiger partial charge in [0, 0.05) is 46.7 Å². The van der Waals surface area contributed by atoms with Crippen molar-refractivity contribution < 1.29 is 28.5 Å². The van der Waals surface area contributed by atoms with Crippen LogP contribution in [0.2, 0.25) is 0 Å². The summed E-state index contributed by atoms with van der Waals surface area (Å²) < 4.78 is 22.4. The fourth-order valence-electron chi connectivity index (χ4n) is 4.82. The van der Waals surface area contributed by atoms with Crippen LogP contribution >= 0.6 is 11.8 Å². The molecule has 1 unspecified atom stereocenters. The van der Waals surface area contributed by atoms with Crippen LogP contribution in [-0.4, -0.2) is 56.9 Å². The van der Waals surface area contributed by atoms with Crippen molar-refractivity contribution in [3.8, 4) is 17.2 Å². The second-order valence-corrected chi connectivity index (χ2v) is 10.7. The lowest BCUT2D eigenvalue weighted by molar-refractivity contribution is -0.145. The highest BCUT2D eigenvalue weighted by atomic mass is 32.2. The molecular weight excluding hydrogens is 454 g/mol. The van der Waals surface area contributed by atoms with Crippen molar-refractivity contribution in [1.82, 2.24) is 0 Å². The van der Waals surface area contributed by atoms with Gasteiger partial charge in [-0.15, -0.1) is 0 Å². The molecule has 7 nitrogen and oxygen atoms in total. The smallest absolute Gasteiger partial charge is 0.315 e. The number of thioether (sulfide) groups is 1. The Morgan fingerprint density at radius 2 is 1.74 bits per heavy atom. The van der Waals surface area contributed by atoms with Crippen molar-refractivity contribution in [2.75, 3.05) is 39.4 Å². The van der Waals surface area contributed by atoms with Gasteiger partial charge in [-0.1, -0.05) is 20.8 Å². The molecule has 186 valence electrons. The summed E-state index contributed by atoms with van der Waals surface area (Å²) in [4.78, 5) is 31.7. The van der Waals surface area contributed by atoms with Crippen molar-refractivity contribution in [2.45, 2.75) is 46.5 Å². The Morgan fingerprint density at radius 3 is 2.35 bits per heavy atom. The number of ketones is 1. The monoisotopic (exact) mass is 489 g/mol. The molecule has 1 aliphatic heterocycles. The number of benzene rings is 1. The van der Waals surface area contributed by atoms with Crippen LogP contribution in [0.3, 0.4) is 0 Å². The third kappa shape index (κ3) is 5.27. The van der Waals surface area contributed by atoms with E-state index in [1.54, 1.807) is 45.2 Å². The van der Waals surface area contributed by atoms with Gasteiger partial charge in [-0.25, -0.2) is 0 Å². The van der Waals surface area contributed by atoms with E-state index >= 15 is 0 Å². The van der Waals surface area contributed by atoms with Crippen molar-refractivity contribution in [3.05, 3.63) is 29.0 Å². The van der Waals surface area contributed by atoms with E-state index in [9.17, 15) is 9.59 Å². The number of rotatable bonds is 9. The van der Waals surface area contributed by atoms with Gasteiger partial charge in [0.25, 0.3) is 0 Å². The Hall–Kier alpha value is -2.48. The summed E-state index contributed by atoms with van der Waals surface area (Å²) in [6, 6.07) is 3.53. The van der Waals surface area contributed by atoms with E-state index in [4.69, 9.17) is 23.9 Å². The molecule has 1 aromatic carbocycles. The first-order chi connectivity index (χ1) is 16.2. The standard InChI is InChI=1S/C26H35NO6S/c1-8-34-10-9-33-25(29)22-15(2)27-17-13-26(3,4)14-18(28)24(17)23(22)16-11-20(31-6)21(32-7)12-19(16)30-5/h11-12,22-23H,8-10,13-14H2,1-7H3/t22?,23-/m0/s1. The topological polar surface area (TPSA) is 83.4 Å². The number of esters is 1. The lowest BCUT2D eigenvalue weighted by atomic mass is 9.66. The van der Waals surface area contributed by atoms with Crippen molar-refractivity contribution in [2.24, 2.45) is 16.3 Å². The molecule has 1 aromatic rings. The summed E-state index contributed by atoms with van der Waals surface area (Å²) in [6.07, 6.45) is 1.05. The molecule has 3 rings (SSSR count). The van der Waals surface area contributed by atoms with Crippen LogP contribution in [0.1, 0.15) is 52.0 Å². The SMILES string of the molecule is CCSCCOC(=O)C1C(C)=NC2=C(C(=O)CC(C)(C)C2)[C@H]1c1cc(OC)c(OC)cc1OC. The molecule has 0 fully saturated rings.